The van der Waals surface area contributed by atoms with Crippen molar-refractivity contribution < 1.29 is 14.3 Å². The van der Waals surface area contributed by atoms with Crippen molar-refractivity contribution in [1.82, 2.24) is 0 Å². The molecule has 0 aromatic carbocycles. The van der Waals surface area contributed by atoms with Crippen LogP contribution >= 0.6 is 0 Å². The summed E-state index contributed by atoms with van der Waals surface area (Å²) in [6.07, 6.45) is 1.94. The van der Waals surface area contributed by atoms with Gasteiger partial charge in [-0.25, -0.2) is 0 Å². The lowest BCUT2D eigenvalue weighted by Gasteiger charge is -2.38. The van der Waals surface area contributed by atoms with Crippen LogP contribution in [0.25, 0.3) is 0 Å². The molecule has 0 aromatic heterocycles. The zero-order valence-corrected chi connectivity index (χ0v) is 8.63. The predicted molar refractivity (Wildman–Crippen MR) is 49.3 cm³/mol. The van der Waals surface area contributed by atoms with Crippen LogP contribution in [0.4, 0.5) is 0 Å². The van der Waals surface area contributed by atoms with Gasteiger partial charge in [0.15, 0.2) is 0 Å². The number of methoxy groups -OCH3 is 1. The highest BCUT2D eigenvalue weighted by Gasteiger charge is 2.46. The molecule has 1 rings (SSSR count). The minimum atomic E-state index is -0.320. The normalized spacial score (nSPS) is 19.7. The number of ether oxygens (including phenoxy) is 2. The lowest BCUT2D eigenvalue weighted by atomic mass is 9.79. The highest BCUT2D eigenvalue weighted by Crippen LogP contribution is 2.35. The Hall–Kier alpha value is -0.570. The highest BCUT2D eigenvalue weighted by molar-refractivity contribution is 5.77. The Balaban J connectivity index is 2.45. The molecule has 1 aliphatic rings. The van der Waals surface area contributed by atoms with Crippen molar-refractivity contribution in [3.05, 3.63) is 0 Å². The summed E-state index contributed by atoms with van der Waals surface area (Å²) in [5, 5.41) is 0. The molecule has 0 unspecified atom stereocenters. The van der Waals surface area contributed by atoms with E-state index in [1.807, 2.05) is 0 Å². The molecule has 1 fully saturated rings. The number of carbonyl (C=O) groups excluding carboxylic acids is 1. The molecule has 0 N–H and O–H groups in total. The van der Waals surface area contributed by atoms with Crippen LogP contribution in [0.5, 0.6) is 0 Å². The average Bonchev–Trinajstić information content (AvgIpc) is 2.01. The van der Waals surface area contributed by atoms with Gasteiger partial charge >= 0.3 is 5.97 Å². The maximum Gasteiger partial charge on any atom is 0.316 e. The van der Waals surface area contributed by atoms with Crippen molar-refractivity contribution in [2.75, 3.05) is 20.3 Å². The molecule has 0 spiro atoms. The van der Waals surface area contributed by atoms with E-state index in [2.05, 4.69) is 13.8 Å². The fourth-order valence-corrected chi connectivity index (χ4v) is 1.49. The Labute approximate surface area is 79.4 Å². The molecule has 3 heteroatoms. The molecule has 0 bridgehead atoms. The molecule has 0 aliphatic carbocycles. The van der Waals surface area contributed by atoms with Crippen molar-refractivity contribution >= 4 is 5.97 Å². The first-order valence-corrected chi connectivity index (χ1v) is 4.77. The van der Waals surface area contributed by atoms with Crippen LogP contribution in [0.15, 0.2) is 0 Å². The van der Waals surface area contributed by atoms with E-state index in [-0.39, 0.29) is 11.4 Å². The number of esters is 1. The Morgan fingerprint density at radius 1 is 1.54 bits per heavy atom. The molecule has 0 saturated carbocycles. The topological polar surface area (TPSA) is 35.5 Å². The van der Waals surface area contributed by atoms with Crippen molar-refractivity contribution in [2.45, 2.75) is 26.7 Å². The summed E-state index contributed by atoms with van der Waals surface area (Å²) >= 11 is 0. The largest absolute Gasteiger partial charge is 0.468 e. The fourth-order valence-electron chi connectivity index (χ4n) is 1.49. The van der Waals surface area contributed by atoms with Gasteiger partial charge in [-0.15, -0.1) is 0 Å². The maximum absolute atomic E-state index is 11.4. The monoisotopic (exact) mass is 186 g/mol. The maximum atomic E-state index is 11.4. The van der Waals surface area contributed by atoms with Crippen LogP contribution in [0.1, 0.15) is 26.7 Å². The van der Waals surface area contributed by atoms with Crippen molar-refractivity contribution in [3.8, 4) is 0 Å². The molecule has 1 saturated heterocycles. The van der Waals surface area contributed by atoms with Crippen LogP contribution < -0.4 is 0 Å². The Morgan fingerprint density at radius 2 is 2.15 bits per heavy atom. The highest BCUT2D eigenvalue weighted by atomic mass is 16.5. The Bertz CT molecular complexity index is 183. The fraction of sp³-hybridized carbons (Fsp3) is 0.900. The summed E-state index contributed by atoms with van der Waals surface area (Å²) in [7, 11) is 1.44. The summed E-state index contributed by atoms with van der Waals surface area (Å²) in [6, 6.07) is 0. The molecule has 76 valence electrons. The first-order chi connectivity index (χ1) is 6.10. The first-order valence-electron chi connectivity index (χ1n) is 4.77. The zero-order valence-electron chi connectivity index (χ0n) is 8.63. The molecule has 3 nitrogen and oxygen atoms in total. The van der Waals surface area contributed by atoms with Gasteiger partial charge in [-0.3, -0.25) is 4.79 Å². The quantitative estimate of drug-likeness (QED) is 0.626. The third kappa shape index (κ3) is 2.21. The molecule has 1 aliphatic heterocycles. The standard InChI is InChI=1S/C10H18O3/c1-8(2)4-5-10(6-13-7-10)9(11)12-3/h8H,4-7H2,1-3H3. The van der Waals surface area contributed by atoms with Gasteiger partial charge in [0.1, 0.15) is 5.41 Å². The minimum Gasteiger partial charge on any atom is -0.468 e. The second-order valence-corrected chi connectivity index (χ2v) is 4.20. The molecule has 0 aromatic rings. The second kappa shape index (κ2) is 4.09. The summed E-state index contributed by atoms with van der Waals surface area (Å²) in [6.45, 7) is 5.38. The minimum absolute atomic E-state index is 0.112. The molecular weight excluding hydrogens is 168 g/mol. The third-order valence-corrected chi connectivity index (χ3v) is 2.58. The van der Waals surface area contributed by atoms with Gasteiger partial charge in [-0.05, 0) is 18.8 Å². The van der Waals surface area contributed by atoms with E-state index >= 15 is 0 Å². The van der Waals surface area contributed by atoms with Crippen LogP contribution in [-0.2, 0) is 14.3 Å². The number of rotatable bonds is 4. The van der Waals surface area contributed by atoms with Gasteiger partial charge in [0.2, 0.25) is 0 Å². The number of hydrogen-bond acceptors (Lipinski definition) is 3. The van der Waals surface area contributed by atoms with Crippen molar-refractivity contribution in [3.63, 3.8) is 0 Å². The molecule has 1 heterocycles. The summed E-state index contributed by atoms with van der Waals surface area (Å²) in [4.78, 5) is 11.4. The second-order valence-electron chi connectivity index (χ2n) is 4.20. The van der Waals surface area contributed by atoms with Gasteiger partial charge in [-0.2, -0.15) is 0 Å². The first kappa shape index (κ1) is 10.5. The number of carbonyl (C=O) groups is 1. The summed E-state index contributed by atoms with van der Waals surface area (Å²) in [5.74, 6) is 0.515. The average molecular weight is 186 g/mol. The van der Waals surface area contributed by atoms with E-state index in [1.54, 1.807) is 0 Å². The molecule has 0 radical (unpaired) electrons. The Kier molecular flexibility index (Phi) is 3.31. The van der Waals surface area contributed by atoms with E-state index in [9.17, 15) is 4.79 Å². The van der Waals surface area contributed by atoms with Gasteiger partial charge < -0.3 is 9.47 Å². The molecular formula is C10H18O3. The van der Waals surface area contributed by atoms with E-state index in [1.165, 1.54) is 7.11 Å². The van der Waals surface area contributed by atoms with Gasteiger partial charge in [-0.1, -0.05) is 13.8 Å². The smallest absolute Gasteiger partial charge is 0.316 e. The van der Waals surface area contributed by atoms with Crippen molar-refractivity contribution in [2.24, 2.45) is 11.3 Å². The van der Waals surface area contributed by atoms with Crippen LogP contribution in [0.2, 0.25) is 0 Å². The van der Waals surface area contributed by atoms with Crippen LogP contribution in [0.3, 0.4) is 0 Å². The summed E-state index contributed by atoms with van der Waals surface area (Å²) in [5.41, 5.74) is -0.320. The molecule has 0 amide bonds. The van der Waals surface area contributed by atoms with E-state index in [0.717, 1.165) is 12.8 Å². The number of hydrogen-bond donors (Lipinski definition) is 0. The van der Waals surface area contributed by atoms with Gasteiger partial charge in [0.05, 0.1) is 20.3 Å². The van der Waals surface area contributed by atoms with Crippen molar-refractivity contribution in [1.29, 1.82) is 0 Å². The SMILES string of the molecule is COC(=O)C1(CCC(C)C)COC1. The Morgan fingerprint density at radius 3 is 2.46 bits per heavy atom. The lowest BCUT2D eigenvalue weighted by molar-refractivity contribution is -0.185. The molecule has 0 atom stereocenters. The van der Waals surface area contributed by atoms with E-state index < -0.39 is 0 Å². The van der Waals surface area contributed by atoms with Crippen LogP contribution in [0, 0.1) is 11.3 Å². The predicted octanol–water partition coefficient (Wildman–Crippen LogP) is 1.61. The lowest BCUT2D eigenvalue weighted by Crippen LogP contribution is -2.49. The summed E-state index contributed by atoms with van der Waals surface area (Å²) < 4.78 is 9.86. The third-order valence-electron chi connectivity index (χ3n) is 2.58. The van der Waals surface area contributed by atoms with Crippen LogP contribution in [-0.4, -0.2) is 26.3 Å². The zero-order chi connectivity index (χ0) is 9.90. The molecule has 13 heavy (non-hydrogen) atoms. The van der Waals surface area contributed by atoms with Gasteiger partial charge in [0.25, 0.3) is 0 Å². The van der Waals surface area contributed by atoms with E-state index in [4.69, 9.17) is 9.47 Å². The van der Waals surface area contributed by atoms with E-state index in [0.29, 0.717) is 19.1 Å². The van der Waals surface area contributed by atoms with Gasteiger partial charge in [0, 0.05) is 0 Å².